The zero-order valence-corrected chi connectivity index (χ0v) is 15.1. The molecule has 0 spiro atoms. The van der Waals surface area contributed by atoms with Crippen LogP contribution in [-0.4, -0.2) is 27.5 Å². The molecule has 3 rings (SSSR count). The summed E-state index contributed by atoms with van der Waals surface area (Å²) >= 11 is 0. The van der Waals surface area contributed by atoms with Crippen molar-refractivity contribution in [2.45, 2.75) is 19.3 Å². The van der Waals surface area contributed by atoms with E-state index in [0.717, 1.165) is 23.5 Å². The van der Waals surface area contributed by atoms with E-state index in [-0.39, 0.29) is 6.54 Å². The summed E-state index contributed by atoms with van der Waals surface area (Å²) in [5.74, 6) is 1.24. The van der Waals surface area contributed by atoms with Gasteiger partial charge in [-0.15, -0.1) is 0 Å². The number of pyridine rings is 1. The number of hydrogen-bond donors (Lipinski definition) is 2. The third-order valence-corrected chi connectivity index (χ3v) is 3.98. The summed E-state index contributed by atoms with van der Waals surface area (Å²) in [5.41, 5.74) is 0.786. The fourth-order valence-electron chi connectivity index (χ4n) is 2.52. The lowest BCUT2D eigenvalue weighted by atomic mass is 10.1. The van der Waals surface area contributed by atoms with Crippen LogP contribution in [0, 0.1) is 0 Å². The van der Waals surface area contributed by atoms with Crippen molar-refractivity contribution in [2.24, 2.45) is 4.99 Å². The van der Waals surface area contributed by atoms with Gasteiger partial charge in [0, 0.05) is 38.7 Å². The quantitative estimate of drug-likeness (QED) is 0.521. The van der Waals surface area contributed by atoms with E-state index >= 15 is 0 Å². The van der Waals surface area contributed by atoms with Crippen LogP contribution in [0.1, 0.15) is 16.7 Å². The van der Waals surface area contributed by atoms with Crippen molar-refractivity contribution in [1.82, 2.24) is 25.2 Å². The highest BCUT2D eigenvalue weighted by atomic mass is 19.4. The number of halogens is 3. The normalized spacial score (nSPS) is 12.1. The standard InChI is InChI=1S/C19H19F3N6/c1-23-18(26-10-14-3-2-4-16(9-14)19(20,21)22)27-12-15-5-6-17(25-11-15)28-8-7-24-13-28/h2-9,11,13H,10,12H2,1H3,(H2,23,26,27). The molecule has 0 amide bonds. The third kappa shape index (κ3) is 5.09. The summed E-state index contributed by atoms with van der Waals surface area (Å²) in [6, 6.07) is 9.00. The number of alkyl halides is 3. The maximum atomic E-state index is 12.8. The van der Waals surface area contributed by atoms with Crippen molar-refractivity contribution in [3.05, 3.63) is 78.0 Å². The van der Waals surface area contributed by atoms with Crippen LogP contribution in [0.2, 0.25) is 0 Å². The van der Waals surface area contributed by atoms with Gasteiger partial charge >= 0.3 is 6.18 Å². The Morgan fingerprint density at radius 1 is 1.11 bits per heavy atom. The van der Waals surface area contributed by atoms with E-state index in [9.17, 15) is 13.2 Å². The van der Waals surface area contributed by atoms with E-state index in [2.05, 4.69) is 25.6 Å². The summed E-state index contributed by atoms with van der Waals surface area (Å²) in [6.07, 6.45) is 2.53. The minimum Gasteiger partial charge on any atom is -0.352 e. The van der Waals surface area contributed by atoms with Crippen molar-refractivity contribution in [3.8, 4) is 5.82 Å². The molecule has 2 N–H and O–H groups in total. The molecular formula is C19H19F3N6. The first-order chi connectivity index (χ1) is 13.5. The Kier molecular flexibility index (Phi) is 5.93. The molecule has 2 heterocycles. The van der Waals surface area contributed by atoms with E-state index in [1.54, 1.807) is 42.6 Å². The highest BCUT2D eigenvalue weighted by molar-refractivity contribution is 5.79. The molecule has 1 aromatic carbocycles. The minimum absolute atomic E-state index is 0.224. The zero-order valence-electron chi connectivity index (χ0n) is 15.1. The Morgan fingerprint density at radius 3 is 2.50 bits per heavy atom. The Morgan fingerprint density at radius 2 is 1.89 bits per heavy atom. The number of aromatic nitrogens is 3. The van der Waals surface area contributed by atoms with Crippen molar-refractivity contribution < 1.29 is 13.2 Å². The Bertz CT molecular complexity index is 918. The van der Waals surface area contributed by atoms with Crippen LogP contribution in [0.15, 0.2) is 66.3 Å². The third-order valence-electron chi connectivity index (χ3n) is 3.98. The second kappa shape index (κ2) is 8.55. The summed E-state index contributed by atoms with van der Waals surface area (Å²) in [6.45, 7) is 0.695. The first kappa shape index (κ1) is 19.4. The summed E-state index contributed by atoms with van der Waals surface area (Å²) < 4.78 is 40.2. The molecule has 0 unspecified atom stereocenters. The van der Waals surface area contributed by atoms with Crippen LogP contribution >= 0.6 is 0 Å². The van der Waals surface area contributed by atoms with E-state index in [1.165, 1.54) is 6.07 Å². The highest BCUT2D eigenvalue weighted by Crippen LogP contribution is 2.29. The van der Waals surface area contributed by atoms with Gasteiger partial charge in [-0.2, -0.15) is 13.2 Å². The average Bonchev–Trinajstić information content (AvgIpc) is 3.23. The molecule has 2 aromatic heterocycles. The van der Waals surface area contributed by atoms with E-state index < -0.39 is 11.7 Å². The fraction of sp³-hybridized carbons (Fsp3) is 0.211. The number of nitrogens with one attached hydrogen (secondary N) is 2. The Hall–Kier alpha value is -3.36. The van der Waals surface area contributed by atoms with Gasteiger partial charge in [0.25, 0.3) is 0 Å². The molecule has 0 aliphatic carbocycles. The predicted octanol–water partition coefficient (Wildman–Crippen LogP) is 3.15. The molecule has 3 aromatic rings. The summed E-state index contributed by atoms with van der Waals surface area (Å²) in [4.78, 5) is 12.4. The van der Waals surface area contributed by atoms with Crippen molar-refractivity contribution in [3.63, 3.8) is 0 Å². The zero-order chi connectivity index (χ0) is 20.0. The van der Waals surface area contributed by atoms with Crippen molar-refractivity contribution in [1.29, 1.82) is 0 Å². The number of guanidine groups is 1. The van der Waals surface area contributed by atoms with Crippen LogP contribution in [0.25, 0.3) is 5.82 Å². The van der Waals surface area contributed by atoms with Gasteiger partial charge in [0.15, 0.2) is 5.96 Å². The molecule has 28 heavy (non-hydrogen) atoms. The molecule has 0 atom stereocenters. The fourth-order valence-corrected chi connectivity index (χ4v) is 2.52. The molecular weight excluding hydrogens is 369 g/mol. The first-order valence-electron chi connectivity index (χ1n) is 8.49. The molecule has 9 heteroatoms. The lowest BCUT2D eigenvalue weighted by Gasteiger charge is -2.13. The van der Waals surface area contributed by atoms with Gasteiger partial charge in [-0.25, -0.2) is 9.97 Å². The van der Waals surface area contributed by atoms with Gasteiger partial charge < -0.3 is 10.6 Å². The summed E-state index contributed by atoms with van der Waals surface area (Å²) in [7, 11) is 1.60. The van der Waals surface area contributed by atoms with Gasteiger partial charge in [0.05, 0.1) is 5.56 Å². The number of hydrogen-bond acceptors (Lipinski definition) is 3. The molecule has 0 saturated carbocycles. The van der Waals surface area contributed by atoms with Crippen LogP contribution in [0.3, 0.4) is 0 Å². The lowest BCUT2D eigenvalue weighted by Crippen LogP contribution is -2.36. The predicted molar refractivity (Wildman–Crippen MR) is 99.8 cm³/mol. The Labute approximate surface area is 160 Å². The SMILES string of the molecule is CN=C(NCc1ccc(-n2ccnc2)nc1)NCc1cccc(C(F)(F)F)c1. The van der Waals surface area contributed by atoms with Gasteiger partial charge in [0.1, 0.15) is 12.1 Å². The minimum atomic E-state index is -4.36. The lowest BCUT2D eigenvalue weighted by molar-refractivity contribution is -0.137. The van der Waals surface area contributed by atoms with Crippen LogP contribution in [0.4, 0.5) is 13.2 Å². The molecule has 0 aliphatic rings. The van der Waals surface area contributed by atoms with Crippen LogP contribution < -0.4 is 10.6 Å². The topological polar surface area (TPSA) is 67.1 Å². The van der Waals surface area contributed by atoms with Crippen molar-refractivity contribution in [2.75, 3.05) is 7.05 Å². The van der Waals surface area contributed by atoms with E-state index in [4.69, 9.17) is 0 Å². The number of nitrogens with zero attached hydrogens (tertiary/aromatic N) is 4. The molecule has 0 radical (unpaired) electrons. The molecule has 146 valence electrons. The first-order valence-corrected chi connectivity index (χ1v) is 8.49. The second-order valence-corrected chi connectivity index (χ2v) is 5.97. The number of rotatable bonds is 5. The number of aliphatic imine (C=N–C) groups is 1. The molecule has 6 nitrogen and oxygen atoms in total. The largest absolute Gasteiger partial charge is 0.416 e. The van der Waals surface area contributed by atoms with Crippen LogP contribution in [0.5, 0.6) is 0 Å². The Balaban J connectivity index is 1.54. The number of benzene rings is 1. The smallest absolute Gasteiger partial charge is 0.352 e. The van der Waals surface area contributed by atoms with Gasteiger partial charge in [-0.3, -0.25) is 9.56 Å². The molecule has 0 aliphatic heterocycles. The summed E-state index contributed by atoms with van der Waals surface area (Å²) in [5, 5.41) is 6.12. The maximum Gasteiger partial charge on any atom is 0.416 e. The van der Waals surface area contributed by atoms with Crippen LogP contribution in [-0.2, 0) is 19.3 Å². The van der Waals surface area contributed by atoms with Crippen molar-refractivity contribution >= 4 is 5.96 Å². The van der Waals surface area contributed by atoms with E-state index in [1.807, 2.05) is 12.1 Å². The average molecular weight is 388 g/mol. The highest BCUT2D eigenvalue weighted by Gasteiger charge is 2.30. The molecule has 0 fully saturated rings. The second-order valence-electron chi connectivity index (χ2n) is 5.97. The molecule has 0 saturated heterocycles. The van der Waals surface area contributed by atoms with E-state index in [0.29, 0.717) is 18.1 Å². The van der Waals surface area contributed by atoms with Gasteiger partial charge in [-0.05, 0) is 29.3 Å². The number of imidazole rings is 1. The van der Waals surface area contributed by atoms with Gasteiger partial charge in [-0.1, -0.05) is 18.2 Å². The monoisotopic (exact) mass is 388 g/mol. The molecule has 0 bridgehead atoms. The van der Waals surface area contributed by atoms with Gasteiger partial charge in [0.2, 0.25) is 0 Å². The maximum absolute atomic E-state index is 12.8.